The summed E-state index contributed by atoms with van der Waals surface area (Å²) < 4.78 is 0. The molecule has 0 aromatic heterocycles. The molecule has 0 saturated heterocycles. The first-order valence-electron chi connectivity index (χ1n) is 6.25. The van der Waals surface area contributed by atoms with Crippen molar-refractivity contribution in [3.8, 4) is 5.75 Å². The van der Waals surface area contributed by atoms with Crippen molar-refractivity contribution >= 4 is 23.6 Å². The third kappa shape index (κ3) is 2.93. The number of nitro benzene ring substituents is 1. The van der Waals surface area contributed by atoms with Crippen LogP contribution in [0.5, 0.6) is 5.75 Å². The average molecular weight is 300 g/mol. The molecular formula is C15H12N2O5. The number of phenols is 1. The van der Waals surface area contributed by atoms with E-state index in [1.165, 1.54) is 30.5 Å². The maximum atomic E-state index is 11.1. The third-order valence-electron chi connectivity index (χ3n) is 3.12. The van der Waals surface area contributed by atoms with Gasteiger partial charge in [-0.25, -0.2) is 4.79 Å². The quantitative estimate of drug-likeness (QED) is 0.512. The lowest BCUT2D eigenvalue weighted by Crippen LogP contribution is -1.99. The Kier molecular flexibility index (Phi) is 4.17. The third-order valence-corrected chi connectivity index (χ3v) is 3.12. The zero-order valence-corrected chi connectivity index (χ0v) is 11.6. The highest BCUT2D eigenvalue weighted by Gasteiger charge is 2.15. The summed E-state index contributed by atoms with van der Waals surface area (Å²) in [5.41, 5.74) is 0.758. The molecule has 0 fully saturated rings. The number of benzene rings is 2. The fraction of sp³-hybridized carbons (Fsp3) is 0.0667. The minimum Gasteiger partial charge on any atom is -0.502 e. The van der Waals surface area contributed by atoms with Crippen LogP contribution in [0, 0.1) is 17.0 Å². The second-order valence-corrected chi connectivity index (χ2v) is 4.49. The van der Waals surface area contributed by atoms with E-state index in [1.807, 2.05) is 0 Å². The van der Waals surface area contributed by atoms with Crippen molar-refractivity contribution in [2.75, 3.05) is 0 Å². The first-order chi connectivity index (χ1) is 10.4. The normalized spacial score (nSPS) is 10.8. The number of hydrogen-bond donors (Lipinski definition) is 2. The predicted octanol–water partition coefficient (Wildman–Crippen LogP) is 3.06. The average Bonchev–Trinajstić information content (AvgIpc) is 2.46. The summed E-state index contributed by atoms with van der Waals surface area (Å²) in [6.07, 6.45) is 1.26. The Labute approximate surface area is 125 Å². The molecule has 7 heteroatoms. The van der Waals surface area contributed by atoms with E-state index in [0.717, 1.165) is 0 Å². The molecule has 0 aliphatic heterocycles. The van der Waals surface area contributed by atoms with Crippen LogP contribution in [-0.2, 0) is 0 Å². The SMILES string of the molecule is Cc1c(N=Cc2cccc([N+](=O)[O-])c2O)cccc1C(=O)O. The molecule has 0 radical (unpaired) electrons. The molecule has 2 N–H and O–H groups in total. The van der Waals surface area contributed by atoms with Gasteiger partial charge in [0.2, 0.25) is 5.75 Å². The predicted molar refractivity (Wildman–Crippen MR) is 80.2 cm³/mol. The number of nitro groups is 1. The van der Waals surface area contributed by atoms with Gasteiger partial charge in [0.25, 0.3) is 0 Å². The molecule has 0 amide bonds. The van der Waals surface area contributed by atoms with Gasteiger partial charge in [0, 0.05) is 17.8 Å². The van der Waals surface area contributed by atoms with Crippen LogP contribution in [0.1, 0.15) is 21.5 Å². The highest BCUT2D eigenvalue weighted by atomic mass is 16.6. The van der Waals surface area contributed by atoms with Gasteiger partial charge in [0.05, 0.1) is 16.2 Å². The lowest BCUT2D eigenvalue weighted by atomic mass is 10.1. The molecule has 0 unspecified atom stereocenters. The van der Waals surface area contributed by atoms with Crippen molar-refractivity contribution in [1.29, 1.82) is 0 Å². The van der Waals surface area contributed by atoms with Crippen molar-refractivity contribution in [3.05, 3.63) is 63.2 Å². The summed E-state index contributed by atoms with van der Waals surface area (Å²) in [7, 11) is 0. The Morgan fingerprint density at radius 3 is 2.59 bits per heavy atom. The van der Waals surface area contributed by atoms with E-state index in [9.17, 15) is 20.0 Å². The number of aromatic hydroxyl groups is 1. The maximum absolute atomic E-state index is 11.1. The minimum absolute atomic E-state index is 0.123. The zero-order chi connectivity index (χ0) is 16.3. The van der Waals surface area contributed by atoms with Gasteiger partial charge < -0.3 is 10.2 Å². The van der Waals surface area contributed by atoms with Gasteiger partial charge in [-0.2, -0.15) is 0 Å². The number of rotatable bonds is 4. The standard InChI is InChI=1S/C15H12N2O5/c1-9-11(15(19)20)5-3-6-12(9)16-8-10-4-2-7-13(14(10)18)17(21)22/h2-8,18H,1H3,(H,19,20). The number of aliphatic imine (C=N–C) groups is 1. The minimum atomic E-state index is -1.06. The van der Waals surface area contributed by atoms with E-state index in [0.29, 0.717) is 11.3 Å². The number of aromatic carboxylic acids is 1. The maximum Gasteiger partial charge on any atom is 0.336 e. The molecule has 2 aromatic rings. The van der Waals surface area contributed by atoms with Crippen molar-refractivity contribution in [3.63, 3.8) is 0 Å². The summed E-state index contributed by atoms with van der Waals surface area (Å²) in [6, 6.07) is 8.72. The lowest BCUT2D eigenvalue weighted by molar-refractivity contribution is -0.385. The number of carboxylic acid groups (broad SMARTS) is 1. The topological polar surface area (TPSA) is 113 Å². The number of phenolic OH excluding ortho intramolecular Hbond substituents is 1. The molecule has 0 aliphatic rings. The van der Waals surface area contributed by atoms with Gasteiger partial charge in [-0.3, -0.25) is 15.1 Å². The molecule has 0 saturated carbocycles. The van der Waals surface area contributed by atoms with Crippen molar-refractivity contribution in [1.82, 2.24) is 0 Å². The van der Waals surface area contributed by atoms with E-state index >= 15 is 0 Å². The summed E-state index contributed by atoms with van der Waals surface area (Å²) in [6.45, 7) is 1.61. The van der Waals surface area contributed by atoms with E-state index in [-0.39, 0.29) is 11.1 Å². The van der Waals surface area contributed by atoms with Gasteiger partial charge in [-0.05, 0) is 30.7 Å². The molecule has 0 bridgehead atoms. The van der Waals surface area contributed by atoms with E-state index in [2.05, 4.69) is 4.99 Å². The second-order valence-electron chi connectivity index (χ2n) is 4.49. The fourth-order valence-electron chi connectivity index (χ4n) is 1.93. The Balaban J connectivity index is 2.42. The molecule has 2 aromatic carbocycles. The fourth-order valence-corrected chi connectivity index (χ4v) is 1.93. The molecule has 0 spiro atoms. The number of carbonyl (C=O) groups is 1. The molecule has 2 rings (SSSR count). The van der Waals surface area contributed by atoms with Crippen LogP contribution in [0.4, 0.5) is 11.4 Å². The second kappa shape index (κ2) is 6.04. The molecule has 112 valence electrons. The number of carboxylic acids is 1. The molecule has 22 heavy (non-hydrogen) atoms. The molecular weight excluding hydrogens is 288 g/mol. The van der Waals surface area contributed by atoms with Crippen LogP contribution < -0.4 is 0 Å². The van der Waals surface area contributed by atoms with Crippen LogP contribution in [0.3, 0.4) is 0 Å². The van der Waals surface area contributed by atoms with E-state index < -0.39 is 22.3 Å². The molecule has 0 atom stereocenters. The van der Waals surface area contributed by atoms with Gasteiger partial charge in [0.15, 0.2) is 0 Å². The van der Waals surface area contributed by atoms with Gasteiger partial charge in [0.1, 0.15) is 0 Å². The molecule has 7 nitrogen and oxygen atoms in total. The first-order valence-corrected chi connectivity index (χ1v) is 6.25. The molecule has 0 heterocycles. The zero-order valence-electron chi connectivity index (χ0n) is 11.6. The summed E-state index contributed by atoms with van der Waals surface area (Å²) >= 11 is 0. The van der Waals surface area contributed by atoms with E-state index in [4.69, 9.17) is 5.11 Å². The Bertz CT molecular complexity index is 718. The van der Waals surface area contributed by atoms with Crippen LogP contribution in [-0.4, -0.2) is 27.3 Å². The number of nitrogens with zero attached hydrogens (tertiary/aromatic N) is 2. The van der Waals surface area contributed by atoms with Crippen molar-refractivity contribution < 1.29 is 19.9 Å². The monoisotopic (exact) mass is 300 g/mol. The van der Waals surface area contributed by atoms with Crippen LogP contribution in [0.2, 0.25) is 0 Å². The van der Waals surface area contributed by atoms with Crippen molar-refractivity contribution in [2.24, 2.45) is 4.99 Å². The highest BCUT2D eigenvalue weighted by molar-refractivity contribution is 5.92. The summed E-state index contributed by atoms with van der Waals surface area (Å²) in [5.74, 6) is -1.55. The smallest absolute Gasteiger partial charge is 0.336 e. The first kappa shape index (κ1) is 15.2. The van der Waals surface area contributed by atoms with Crippen LogP contribution >= 0.6 is 0 Å². The highest BCUT2D eigenvalue weighted by Crippen LogP contribution is 2.29. The van der Waals surface area contributed by atoms with E-state index in [1.54, 1.807) is 19.1 Å². The number of para-hydroxylation sites is 1. The largest absolute Gasteiger partial charge is 0.502 e. The van der Waals surface area contributed by atoms with Gasteiger partial charge in [-0.1, -0.05) is 12.1 Å². The van der Waals surface area contributed by atoms with Crippen LogP contribution in [0.25, 0.3) is 0 Å². The summed E-state index contributed by atoms with van der Waals surface area (Å²) in [5, 5.41) is 29.6. The molecule has 0 aliphatic carbocycles. The lowest BCUT2D eigenvalue weighted by Gasteiger charge is -2.04. The van der Waals surface area contributed by atoms with Crippen LogP contribution in [0.15, 0.2) is 41.4 Å². The Hall–Kier alpha value is -3.22. The Morgan fingerprint density at radius 2 is 1.95 bits per heavy atom. The van der Waals surface area contributed by atoms with Gasteiger partial charge >= 0.3 is 11.7 Å². The van der Waals surface area contributed by atoms with Crippen molar-refractivity contribution in [2.45, 2.75) is 6.92 Å². The Morgan fingerprint density at radius 1 is 1.27 bits per heavy atom. The number of hydrogen-bond acceptors (Lipinski definition) is 5. The van der Waals surface area contributed by atoms with Gasteiger partial charge in [-0.15, -0.1) is 0 Å². The summed E-state index contributed by atoms with van der Waals surface area (Å²) in [4.78, 5) is 25.2.